The molecule has 0 saturated carbocycles. The molecule has 2 N–H and O–H groups in total. The summed E-state index contributed by atoms with van der Waals surface area (Å²) in [6, 6.07) is 20.6. The van der Waals surface area contributed by atoms with Crippen LogP contribution >= 0.6 is 11.3 Å². The van der Waals surface area contributed by atoms with Crippen molar-refractivity contribution in [1.82, 2.24) is 20.2 Å². The smallest absolute Gasteiger partial charge is 0.251 e. The van der Waals surface area contributed by atoms with Crippen molar-refractivity contribution < 1.29 is 9.59 Å². The fourth-order valence-corrected chi connectivity index (χ4v) is 4.35. The van der Waals surface area contributed by atoms with E-state index < -0.39 is 0 Å². The summed E-state index contributed by atoms with van der Waals surface area (Å²) >= 11 is 1.61. The van der Waals surface area contributed by atoms with E-state index in [0.717, 1.165) is 28.8 Å². The van der Waals surface area contributed by atoms with Crippen LogP contribution in [0, 0.1) is 0 Å². The first-order valence-electron chi connectivity index (χ1n) is 10.8. The summed E-state index contributed by atoms with van der Waals surface area (Å²) < 4.78 is 1.92. The molecule has 2 heterocycles. The molecule has 0 saturated heterocycles. The summed E-state index contributed by atoms with van der Waals surface area (Å²) in [5.41, 5.74) is 2.29. The van der Waals surface area contributed by atoms with Crippen LogP contribution in [0.5, 0.6) is 0 Å². The molecule has 32 heavy (non-hydrogen) atoms. The lowest BCUT2D eigenvalue weighted by molar-refractivity contribution is -0.121. The van der Waals surface area contributed by atoms with Gasteiger partial charge >= 0.3 is 0 Å². The first-order valence-corrected chi connectivity index (χ1v) is 11.6. The van der Waals surface area contributed by atoms with Gasteiger partial charge in [-0.25, -0.2) is 4.98 Å². The minimum absolute atomic E-state index is 0.0903. The number of amides is 2. The van der Waals surface area contributed by atoms with E-state index in [-0.39, 0.29) is 24.4 Å². The molecular formula is C25H26N4O2S. The number of nitrogens with zero attached hydrogens (tertiary/aromatic N) is 2. The van der Waals surface area contributed by atoms with Gasteiger partial charge in [0.25, 0.3) is 5.91 Å². The number of carbonyl (C=O) groups excluding carboxylic acids is 2. The summed E-state index contributed by atoms with van der Waals surface area (Å²) in [5, 5.41) is 8.11. The number of hydrogen-bond acceptors (Lipinski definition) is 4. The van der Waals surface area contributed by atoms with E-state index in [2.05, 4.69) is 17.6 Å². The zero-order chi connectivity index (χ0) is 22.3. The SMILES string of the molecule is CCCC(NC(=O)c1ccccc1)c1nc2ccccc2n1CC(=O)NCc1cccs1. The van der Waals surface area contributed by atoms with Crippen LogP contribution in [-0.4, -0.2) is 21.4 Å². The maximum atomic E-state index is 12.9. The number of rotatable bonds is 9. The van der Waals surface area contributed by atoms with E-state index in [4.69, 9.17) is 4.98 Å². The highest BCUT2D eigenvalue weighted by Crippen LogP contribution is 2.24. The monoisotopic (exact) mass is 446 g/mol. The van der Waals surface area contributed by atoms with Gasteiger partial charge in [-0.2, -0.15) is 0 Å². The first kappa shape index (κ1) is 21.8. The van der Waals surface area contributed by atoms with Crippen LogP contribution in [0.15, 0.2) is 72.1 Å². The number of benzene rings is 2. The van der Waals surface area contributed by atoms with Crippen molar-refractivity contribution in [2.75, 3.05) is 0 Å². The molecule has 2 aromatic carbocycles. The summed E-state index contributed by atoms with van der Waals surface area (Å²) in [6.45, 7) is 2.71. The Balaban J connectivity index is 1.60. The molecule has 164 valence electrons. The van der Waals surface area contributed by atoms with Crippen molar-refractivity contribution in [2.24, 2.45) is 0 Å². The Morgan fingerprint density at radius 3 is 2.56 bits per heavy atom. The van der Waals surface area contributed by atoms with Gasteiger partial charge in [0.2, 0.25) is 5.91 Å². The Hall–Kier alpha value is -3.45. The second-order valence-corrected chi connectivity index (χ2v) is 8.61. The molecule has 0 bridgehead atoms. The van der Waals surface area contributed by atoms with E-state index in [1.165, 1.54) is 0 Å². The minimum atomic E-state index is -0.301. The summed E-state index contributed by atoms with van der Waals surface area (Å²) in [7, 11) is 0. The molecular weight excluding hydrogens is 420 g/mol. The molecule has 7 heteroatoms. The van der Waals surface area contributed by atoms with Gasteiger partial charge in [0, 0.05) is 10.4 Å². The third-order valence-corrected chi connectivity index (χ3v) is 6.13. The first-order chi connectivity index (χ1) is 15.7. The average Bonchev–Trinajstić information content (AvgIpc) is 3.46. The Kier molecular flexibility index (Phi) is 6.97. The normalized spacial score (nSPS) is 11.9. The molecule has 4 aromatic rings. The van der Waals surface area contributed by atoms with Gasteiger partial charge in [-0.3, -0.25) is 9.59 Å². The van der Waals surface area contributed by atoms with Crippen LogP contribution < -0.4 is 10.6 Å². The summed E-state index contributed by atoms with van der Waals surface area (Å²) in [5.74, 6) is 0.459. The average molecular weight is 447 g/mol. The summed E-state index contributed by atoms with van der Waals surface area (Å²) in [6.07, 6.45) is 1.59. The lowest BCUT2D eigenvalue weighted by Gasteiger charge is -2.20. The fraction of sp³-hybridized carbons (Fsp3) is 0.240. The number of nitrogens with one attached hydrogen (secondary N) is 2. The largest absolute Gasteiger partial charge is 0.350 e. The van der Waals surface area contributed by atoms with Crippen LogP contribution in [0.1, 0.15) is 46.9 Å². The van der Waals surface area contributed by atoms with Crippen molar-refractivity contribution in [2.45, 2.75) is 38.9 Å². The molecule has 0 aliphatic rings. The molecule has 0 aliphatic carbocycles. The Bertz CT molecular complexity index is 1190. The van der Waals surface area contributed by atoms with Gasteiger partial charge in [-0.15, -0.1) is 11.3 Å². The van der Waals surface area contributed by atoms with Crippen LogP contribution in [0.4, 0.5) is 0 Å². The minimum Gasteiger partial charge on any atom is -0.350 e. The highest BCUT2D eigenvalue weighted by molar-refractivity contribution is 7.09. The topological polar surface area (TPSA) is 76.0 Å². The standard InChI is InChI=1S/C25H26N4O2S/c1-2-9-21(28-25(31)18-10-4-3-5-11-18)24-27-20-13-6-7-14-22(20)29(24)17-23(30)26-16-19-12-8-15-32-19/h3-8,10-15,21H,2,9,16-17H2,1H3,(H,26,30)(H,28,31). The van der Waals surface area contributed by atoms with E-state index >= 15 is 0 Å². The number of fused-ring (bicyclic) bond motifs is 1. The highest BCUT2D eigenvalue weighted by Gasteiger charge is 2.23. The van der Waals surface area contributed by atoms with Gasteiger partial charge in [0.05, 0.1) is 23.6 Å². The van der Waals surface area contributed by atoms with E-state index in [1.807, 2.05) is 64.5 Å². The predicted octanol–water partition coefficient (Wildman–Crippen LogP) is 4.69. The maximum absolute atomic E-state index is 12.9. The quantitative estimate of drug-likeness (QED) is 0.392. The van der Waals surface area contributed by atoms with Crippen molar-refractivity contribution in [3.05, 3.63) is 88.4 Å². The van der Waals surface area contributed by atoms with Crippen LogP contribution in [0.25, 0.3) is 11.0 Å². The van der Waals surface area contributed by atoms with Crippen molar-refractivity contribution in [1.29, 1.82) is 0 Å². The van der Waals surface area contributed by atoms with Crippen molar-refractivity contribution in [3.63, 3.8) is 0 Å². The molecule has 1 atom stereocenters. The van der Waals surface area contributed by atoms with Crippen molar-refractivity contribution >= 4 is 34.2 Å². The zero-order valence-corrected chi connectivity index (χ0v) is 18.8. The van der Waals surface area contributed by atoms with Gasteiger partial charge < -0.3 is 15.2 Å². The molecule has 6 nitrogen and oxygen atoms in total. The number of imidazole rings is 1. The maximum Gasteiger partial charge on any atom is 0.251 e. The molecule has 0 aliphatic heterocycles. The van der Waals surface area contributed by atoms with E-state index in [9.17, 15) is 9.59 Å². The highest BCUT2D eigenvalue weighted by atomic mass is 32.1. The second kappa shape index (κ2) is 10.2. The lowest BCUT2D eigenvalue weighted by Crippen LogP contribution is -2.32. The van der Waals surface area contributed by atoms with Crippen LogP contribution in [0.2, 0.25) is 0 Å². The second-order valence-electron chi connectivity index (χ2n) is 7.58. The molecule has 1 unspecified atom stereocenters. The molecule has 2 aromatic heterocycles. The molecule has 0 fully saturated rings. The van der Waals surface area contributed by atoms with E-state index in [1.54, 1.807) is 23.5 Å². The van der Waals surface area contributed by atoms with Crippen LogP contribution in [0.3, 0.4) is 0 Å². The Morgan fingerprint density at radius 1 is 1.03 bits per heavy atom. The predicted molar refractivity (Wildman–Crippen MR) is 127 cm³/mol. The van der Waals surface area contributed by atoms with E-state index in [0.29, 0.717) is 17.9 Å². The summed E-state index contributed by atoms with van der Waals surface area (Å²) in [4.78, 5) is 31.6. The molecule has 4 rings (SSSR count). The third kappa shape index (κ3) is 5.06. The number of thiophene rings is 1. The zero-order valence-electron chi connectivity index (χ0n) is 18.0. The fourth-order valence-electron chi connectivity index (χ4n) is 3.71. The van der Waals surface area contributed by atoms with Gasteiger partial charge in [-0.05, 0) is 42.1 Å². The number of aromatic nitrogens is 2. The third-order valence-electron chi connectivity index (χ3n) is 5.26. The Labute approximate surface area is 191 Å². The van der Waals surface area contributed by atoms with Crippen LogP contribution in [-0.2, 0) is 17.9 Å². The van der Waals surface area contributed by atoms with Gasteiger partial charge in [0.1, 0.15) is 12.4 Å². The molecule has 0 radical (unpaired) electrons. The lowest BCUT2D eigenvalue weighted by atomic mass is 10.1. The van der Waals surface area contributed by atoms with Crippen molar-refractivity contribution in [3.8, 4) is 0 Å². The number of carbonyl (C=O) groups is 2. The number of para-hydroxylation sites is 2. The number of hydrogen-bond donors (Lipinski definition) is 2. The molecule has 2 amide bonds. The van der Waals surface area contributed by atoms with Gasteiger partial charge in [-0.1, -0.05) is 49.7 Å². The van der Waals surface area contributed by atoms with Gasteiger partial charge in [0.15, 0.2) is 0 Å². The Morgan fingerprint density at radius 2 is 1.81 bits per heavy atom. The molecule has 0 spiro atoms.